The summed E-state index contributed by atoms with van der Waals surface area (Å²) in [6.45, 7) is 0. The van der Waals surface area contributed by atoms with Gasteiger partial charge < -0.3 is 13.6 Å². The molecular formula is C60H40N2OSi. The van der Waals surface area contributed by atoms with Crippen molar-refractivity contribution in [2.45, 2.75) is 0 Å². The third kappa shape index (κ3) is 5.39. The van der Waals surface area contributed by atoms with Crippen molar-refractivity contribution in [1.29, 1.82) is 0 Å². The highest BCUT2D eigenvalue weighted by Gasteiger charge is 2.41. The Morgan fingerprint density at radius 1 is 0.297 bits per heavy atom. The second kappa shape index (κ2) is 14.5. The third-order valence-electron chi connectivity index (χ3n) is 13.5. The summed E-state index contributed by atoms with van der Waals surface area (Å²) >= 11 is 0. The van der Waals surface area contributed by atoms with Crippen molar-refractivity contribution in [3.63, 3.8) is 0 Å². The lowest BCUT2D eigenvalue weighted by atomic mass is 10.0. The maximum Gasteiger partial charge on any atom is 0.179 e. The van der Waals surface area contributed by atoms with Crippen molar-refractivity contribution >= 4 is 94.4 Å². The summed E-state index contributed by atoms with van der Waals surface area (Å²) in [6, 6.07) is 89.2. The molecule has 0 amide bonds. The molecule has 0 saturated carbocycles. The fourth-order valence-corrected chi connectivity index (χ4v) is 15.5. The van der Waals surface area contributed by atoms with Crippen LogP contribution in [0.4, 0.5) is 0 Å². The van der Waals surface area contributed by atoms with Crippen LogP contribution in [0.5, 0.6) is 0 Å². The molecule has 10 aromatic carbocycles. The number of furan rings is 1. The van der Waals surface area contributed by atoms with Gasteiger partial charge in [0.2, 0.25) is 0 Å². The smallest absolute Gasteiger partial charge is 0.179 e. The minimum absolute atomic E-state index is 0.895. The van der Waals surface area contributed by atoms with Crippen molar-refractivity contribution in [1.82, 2.24) is 9.13 Å². The fourth-order valence-electron chi connectivity index (χ4n) is 10.7. The normalized spacial score (nSPS) is 12.1. The SMILES string of the molecule is c1ccc([Si](c2ccccc2)(c2ccccc2)c2ccc(-n3c4ccccc4c4ccc(-n5c6ccccc6c6cccc(-c7ccc8c(c7)oc7ccccc78)c65)cc43)cc2)cc1. The highest BCUT2D eigenvalue weighted by Crippen LogP contribution is 2.41. The zero-order valence-electron chi connectivity index (χ0n) is 34.9. The van der Waals surface area contributed by atoms with Crippen LogP contribution < -0.4 is 20.7 Å². The van der Waals surface area contributed by atoms with Gasteiger partial charge in [0.1, 0.15) is 11.2 Å². The lowest BCUT2D eigenvalue weighted by molar-refractivity contribution is 0.669. The maximum atomic E-state index is 6.42. The molecule has 64 heavy (non-hydrogen) atoms. The summed E-state index contributed by atoms with van der Waals surface area (Å²) < 4.78 is 11.3. The van der Waals surface area contributed by atoms with Crippen LogP contribution in [0.15, 0.2) is 247 Å². The van der Waals surface area contributed by atoms with Crippen LogP contribution in [0.3, 0.4) is 0 Å². The highest BCUT2D eigenvalue weighted by molar-refractivity contribution is 7.19. The minimum Gasteiger partial charge on any atom is -0.456 e. The molecule has 0 fully saturated rings. The summed E-state index contributed by atoms with van der Waals surface area (Å²) in [5.74, 6) is 0. The standard InChI is InChI=1S/C60H40N2OSi/c1-4-17-44(18-5-1)64(45-19-6-2-7-20-45,46-21-8-3-9-22-46)47-35-32-42(33-36-47)61-55-28-13-10-23-49(55)51-38-34-43(40-57(51)61)62-56-29-14-11-24-50(56)54-27-16-26-48(60(54)62)41-31-37-53-52-25-12-15-30-58(52)63-59(53)39-41/h1-40H. The zero-order chi connectivity index (χ0) is 42.2. The Morgan fingerprint density at radius 3 is 1.45 bits per heavy atom. The Morgan fingerprint density at radius 2 is 0.781 bits per heavy atom. The van der Waals surface area contributed by atoms with Gasteiger partial charge >= 0.3 is 0 Å². The van der Waals surface area contributed by atoms with Gasteiger partial charge in [0.05, 0.1) is 22.1 Å². The number of nitrogens with zero attached hydrogens (tertiary/aromatic N) is 2. The van der Waals surface area contributed by atoms with E-state index in [4.69, 9.17) is 4.42 Å². The van der Waals surface area contributed by atoms with E-state index < -0.39 is 8.07 Å². The Labute approximate surface area is 371 Å². The predicted molar refractivity (Wildman–Crippen MR) is 271 cm³/mol. The molecule has 0 radical (unpaired) electrons. The Bertz CT molecular complexity index is 3790. The zero-order valence-corrected chi connectivity index (χ0v) is 35.9. The highest BCUT2D eigenvalue weighted by atomic mass is 28.3. The first-order valence-electron chi connectivity index (χ1n) is 22.0. The predicted octanol–water partition coefficient (Wildman–Crippen LogP) is 12.8. The largest absolute Gasteiger partial charge is 0.456 e. The first-order chi connectivity index (χ1) is 31.8. The van der Waals surface area contributed by atoms with Crippen LogP contribution >= 0.6 is 0 Å². The monoisotopic (exact) mass is 832 g/mol. The summed E-state index contributed by atoms with van der Waals surface area (Å²) in [7, 11) is -2.69. The summed E-state index contributed by atoms with van der Waals surface area (Å²) in [5.41, 5.74) is 11.0. The summed E-state index contributed by atoms with van der Waals surface area (Å²) in [5, 5.41) is 12.6. The number of fused-ring (bicyclic) bond motifs is 9. The molecular weight excluding hydrogens is 793 g/mol. The number of hydrogen-bond acceptors (Lipinski definition) is 1. The number of aromatic nitrogens is 2. The van der Waals surface area contributed by atoms with Crippen LogP contribution in [0.25, 0.3) is 88.1 Å². The molecule has 0 N–H and O–H groups in total. The van der Waals surface area contributed by atoms with Gasteiger partial charge in [-0.15, -0.1) is 0 Å². The van der Waals surface area contributed by atoms with E-state index in [2.05, 4.69) is 240 Å². The molecule has 0 atom stereocenters. The number of hydrogen-bond donors (Lipinski definition) is 0. The average Bonchev–Trinajstić information content (AvgIpc) is 4.03. The van der Waals surface area contributed by atoms with Crippen LogP contribution in [-0.4, -0.2) is 17.2 Å². The Kier molecular flexibility index (Phi) is 8.23. The van der Waals surface area contributed by atoms with E-state index in [1.54, 1.807) is 0 Å². The molecule has 4 heteroatoms. The minimum atomic E-state index is -2.69. The molecule has 3 aromatic heterocycles. The van der Waals surface area contributed by atoms with E-state index >= 15 is 0 Å². The van der Waals surface area contributed by atoms with Crippen molar-refractivity contribution in [3.8, 4) is 22.5 Å². The summed E-state index contributed by atoms with van der Waals surface area (Å²) in [4.78, 5) is 0. The third-order valence-corrected chi connectivity index (χ3v) is 18.3. The Hall–Kier alpha value is -8.18. The van der Waals surface area contributed by atoms with Gasteiger partial charge in [0.25, 0.3) is 0 Å². The number of rotatable bonds is 7. The first-order valence-corrected chi connectivity index (χ1v) is 24.0. The number of benzene rings is 10. The second-order valence-corrected chi connectivity index (χ2v) is 20.6. The summed E-state index contributed by atoms with van der Waals surface area (Å²) in [6.07, 6.45) is 0. The molecule has 0 spiro atoms. The fraction of sp³-hybridized carbons (Fsp3) is 0. The lowest BCUT2D eigenvalue weighted by Gasteiger charge is -2.34. The quantitative estimate of drug-likeness (QED) is 0.116. The lowest BCUT2D eigenvalue weighted by Crippen LogP contribution is -2.74. The molecule has 0 bridgehead atoms. The molecule has 0 unspecified atom stereocenters. The van der Waals surface area contributed by atoms with Crippen LogP contribution in [0.1, 0.15) is 0 Å². The second-order valence-electron chi connectivity index (χ2n) is 16.8. The molecule has 0 saturated heterocycles. The molecule has 0 aliphatic carbocycles. The maximum absolute atomic E-state index is 6.42. The van der Waals surface area contributed by atoms with E-state index in [1.807, 2.05) is 12.1 Å². The molecule has 3 nitrogen and oxygen atoms in total. The van der Waals surface area contributed by atoms with Crippen molar-refractivity contribution < 1.29 is 4.42 Å². The van der Waals surface area contributed by atoms with Gasteiger partial charge in [-0.1, -0.05) is 188 Å². The van der Waals surface area contributed by atoms with Gasteiger partial charge in [0.15, 0.2) is 8.07 Å². The Balaban J connectivity index is 1.02. The van der Waals surface area contributed by atoms with E-state index in [9.17, 15) is 0 Å². The van der Waals surface area contributed by atoms with E-state index in [0.717, 1.165) is 50.0 Å². The van der Waals surface area contributed by atoms with Gasteiger partial charge in [0, 0.05) is 49.3 Å². The van der Waals surface area contributed by atoms with Gasteiger partial charge in [-0.05, 0) is 80.9 Å². The van der Waals surface area contributed by atoms with Gasteiger partial charge in [-0.3, -0.25) is 0 Å². The van der Waals surface area contributed by atoms with Crippen LogP contribution in [0, 0.1) is 0 Å². The van der Waals surface area contributed by atoms with E-state index in [-0.39, 0.29) is 0 Å². The van der Waals surface area contributed by atoms with Crippen LogP contribution in [0.2, 0.25) is 0 Å². The van der Waals surface area contributed by atoms with E-state index in [1.165, 1.54) is 58.8 Å². The molecule has 13 rings (SSSR count). The first kappa shape index (κ1) is 36.5. The van der Waals surface area contributed by atoms with Gasteiger partial charge in [-0.25, -0.2) is 0 Å². The average molecular weight is 833 g/mol. The van der Waals surface area contributed by atoms with Crippen LogP contribution in [-0.2, 0) is 0 Å². The van der Waals surface area contributed by atoms with E-state index in [0.29, 0.717) is 0 Å². The van der Waals surface area contributed by atoms with Crippen molar-refractivity contribution in [2.24, 2.45) is 0 Å². The molecule has 3 heterocycles. The number of para-hydroxylation sites is 4. The topological polar surface area (TPSA) is 23.0 Å². The van der Waals surface area contributed by atoms with Gasteiger partial charge in [-0.2, -0.15) is 0 Å². The van der Waals surface area contributed by atoms with Crippen molar-refractivity contribution in [2.75, 3.05) is 0 Å². The molecule has 0 aliphatic rings. The molecule has 13 aromatic rings. The van der Waals surface area contributed by atoms with Crippen molar-refractivity contribution in [3.05, 3.63) is 243 Å². The molecule has 300 valence electrons. The molecule has 0 aliphatic heterocycles.